The van der Waals surface area contributed by atoms with Crippen molar-refractivity contribution in [3.8, 4) is 11.8 Å². The molecule has 3 aliphatic rings. The molecule has 0 bridgehead atoms. The zero-order valence-electron chi connectivity index (χ0n) is 25.1. The van der Waals surface area contributed by atoms with Gasteiger partial charge in [-0.25, -0.2) is 4.79 Å². The fourth-order valence-electron chi connectivity index (χ4n) is 5.30. The number of thioether (sulfide) groups is 1. The van der Waals surface area contributed by atoms with Crippen molar-refractivity contribution in [2.24, 2.45) is 5.92 Å². The number of fused-ring (bicyclic) bond motifs is 1. The van der Waals surface area contributed by atoms with Gasteiger partial charge >= 0.3 is 12.0 Å². The molecule has 1 aliphatic carbocycles. The highest BCUT2D eigenvalue weighted by Gasteiger charge is 2.42. The number of unbranched alkanes of at least 4 members (excludes halogenated alkanes) is 1. The molecule has 4 N–H and O–H groups in total. The predicted molar refractivity (Wildman–Crippen MR) is 161 cm³/mol. The molecule has 0 aromatic heterocycles. The third kappa shape index (κ3) is 14.0. The normalized spacial score (nSPS) is 24.1. The smallest absolute Gasteiger partial charge is 0.315 e. The predicted octanol–water partition coefficient (Wildman–Crippen LogP) is 2.99. The highest BCUT2D eigenvalue weighted by atomic mass is 32.2. The van der Waals surface area contributed by atoms with Gasteiger partial charge in [-0.1, -0.05) is 18.8 Å². The Labute approximate surface area is 258 Å². The van der Waals surface area contributed by atoms with E-state index in [2.05, 4.69) is 27.2 Å². The average Bonchev–Trinajstić information content (AvgIpc) is 3.52. The van der Waals surface area contributed by atoms with E-state index in [0.717, 1.165) is 37.9 Å². The number of halogens is 2. The van der Waals surface area contributed by atoms with Crippen LogP contribution >= 0.6 is 11.8 Å². The lowest BCUT2D eigenvalue weighted by molar-refractivity contribution is -0.125. The van der Waals surface area contributed by atoms with Crippen LogP contribution in [0.4, 0.5) is 13.6 Å². The largest absolute Gasteiger partial charge is 0.379 e. The van der Waals surface area contributed by atoms with Crippen LogP contribution in [0, 0.1) is 17.8 Å². The summed E-state index contributed by atoms with van der Waals surface area (Å²) < 4.78 is 44.7. The van der Waals surface area contributed by atoms with Crippen LogP contribution in [0.2, 0.25) is 0 Å². The maximum absolute atomic E-state index is 14.1. The van der Waals surface area contributed by atoms with E-state index < -0.39 is 11.8 Å². The van der Waals surface area contributed by atoms with Crippen molar-refractivity contribution < 1.29 is 37.4 Å². The van der Waals surface area contributed by atoms with Crippen LogP contribution < -0.4 is 21.3 Å². The average molecular weight is 631 g/mol. The lowest BCUT2D eigenvalue weighted by Crippen LogP contribution is -2.36. The number of ether oxygens (including phenoxy) is 3. The Bertz CT molecular complexity index is 934. The van der Waals surface area contributed by atoms with Crippen LogP contribution in [-0.4, -0.2) is 99.6 Å². The topological polar surface area (TPSA) is 127 Å². The number of alkyl halides is 2. The molecule has 2 saturated heterocycles. The van der Waals surface area contributed by atoms with Gasteiger partial charge in [0.2, 0.25) is 11.8 Å². The Hall–Kier alpha value is -2.14. The van der Waals surface area contributed by atoms with Crippen molar-refractivity contribution in [2.45, 2.75) is 93.9 Å². The number of nitrogens with one attached hydrogen (secondary N) is 4. The quantitative estimate of drug-likeness (QED) is 0.0873. The van der Waals surface area contributed by atoms with Crippen molar-refractivity contribution in [3.63, 3.8) is 0 Å². The number of carbonyl (C=O) groups is 3. The molecule has 0 aromatic carbocycles. The molecule has 4 atom stereocenters. The van der Waals surface area contributed by atoms with Crippen LogP contribution in [0.25, 0.3) is 0 Å². The number of carbonyl (C=O) groups excluding carboxylic acids is 3. The summed E-state index contributed by atoms with van der Waals surface area (Å²) in [6.07, 6.45) is 6.70. The second-order valence-corrected chi connectivity index (χ2v) is 12.5. The second-order valence-electron chi connectivity index (χ2n) is 11.2. The standard InChI is InChI=1S/C30H48F2N4O6S/c31-30(32)12-6-2-1-3-9-23(30)21-27(38)34-14-8-16-41-18-20-42-19-17-40-15-7-13-33-26(37)11-5-4-10-25-28-24(22-43-25)35-29(39)36-28/h23-25,28H,1-5,7-11,13-22H2,(H,33,37)(H,34,38)(H2,35,36,39). The highest BCUT2D eigenvalue weighted by Crippen LogP contribution is 2.33. The van der Waals surface area contributed by atoms with Gasteiger partial charge in [-0.3, -0.25) is 9.59 Å². The van der Waals surface area contributed by atoms with Gasteiger partial charge in [-0.15, -0.1) is 0 Å². The van der Waals surface area contributed by atoms with Crippen LogP contribution in [0.5, 0.6) is 0 Å². The van der Waals surface area contributed by atoms with Crippen molar-refractivity contribution in [3.05, 3.63) is 0 Å². The van der Waals surface area contributed by atoms with E-state index in [1.54, 1.807) is 0 Å². The summed E-state index contributed by atoms with van der Waals surface area (Å²) in [4.78, 5) is 35.5. The molecule has 13 heteroatoms. The van der Waals surface area contributed by atoms with Crippen LogP contribution in [0.15, 0.2) is 0 Å². The zero-order chi connectivity index (χ0) is 30.8. The summed E-state index contributed by atoms with van der Waals surface area (Å²) in [7, 11) is 0. The third-order valence-electron chi connectivity index (χ3n) is 7.70. The van der Waals surface area contributed by atoms with E-state index >= 15 is 0 Å². The molecule has 0 spiro atoms. The highest BCUT2D eigenvalue weighted by molar-refractivity contribution is 8.00. The SMILES string of the molecule is O=C(CCCCC1SCC2NC(=O)NC21)NCCCOCCOCCOCCCNC(=O)CC1CCCCC#CC1(F)F. The lowest BCUT2D eigenvalue weighted by atomic mass is 9.89. The Morgan fingerprint density at radius 3 is 2.30 bits per heavy atom. The Morgan fingerprint density at radius 1 is 0.907 bits per heavy atom. The van der Waals surface area contributed by atoms with Crippen LogP contribution in [0.1, 0.15) is 70.6 Å². The minimum Gasteiger partial charge on any atom is -0.379 e. The number of urea groups is 1. The van der Waals surface area contributed by atoms with Gasteiger partial charge in [0.15, 0.2) is 0 Å². The van der Waals surface area contributed by atoms with Gasteiger partial charge < -0.3 is 35.5 Å². The summed E-state index contributed by atoms with van der Waals surface area (Å²) in [5.41, 5.74) is 0. The molecule has 0 radical (unpaired) electrons. The molecule has 0 saturated carbocycles. The van der Waals surface area contributed by atoms with Gasteiger partial charge in [-0.05, 0) is 44.4 Å². The molecular formula is C30H48F2N4O6S. The first-order valence-corrected chi connectivity index (χ1v) is 16.7. The summed E-state index contributed by atoms with van der Waals surface area (Å²) >= 11 is 1.90. The van der Waals surface area contributed by atoms with Gasteiger partial charge in [0.1, 0.15) is 0 Å². The minimum absolute atomic E-state index is 0.0589. The molecule has 10 nitrogen and oxygen atoms in total. The first-order chi connectivity index (χ1) is 20.8. The summed E-state index contributed by atoms with van der Waals surface area (Å²) in [6.45, 7) is 3.68. The number of rotatable bonds is 21. The van der Waals surface area contributed by atoms with E-state index in [0.29, 0.717) is 90.1 Å². The van der Waals surface area contributed by atoms with Crippen LogP contribution in [-0.2, 0) is 23.8 Å². The summed E-state index contributed by atoms with van der Waals surface area (Å²) in [6, 6.07) is 0.391. The van der Waals surface area contributed by atoms with Crippen molar-refractivity contribution in [1.29, 1.82) is 0 Å². The maximum atomic E-state index is 14.1. The molecule has 4 unspecified atom stereocenters. The molecular weight excluding hydrogens is 582 g/mol. The monoisotopic (exact) mass is 630 g/mol. The third-order valence-corrected chi connectivity index (χ3v) is 9.21. The van der Waals surface area contributed by atoms with E-state index in [4.69, 9.17) is 14.2 Å². The second kappa shape index (κ2) is 20.0. The first kappa shape index (κ1) is 35.3. The van der Waals surface area contributed by atoms with Crippen molar-refractivity contribution in [2.75, 3.05) is 58.5 Å². The zero-order valence-corrected chi connectivity index (χ0v) is 25.9. The maximum Gasteiger partial charge on any atom is 0.315 e. The van der Waals surface area contributed by atoms with Gasteiger partial charge in [0.25, 0.3) is 0 Å². The fraction of sp³-hybridized carbons (Fsp3) is 0.833. The lowest BCUT2D eigenvalue weighted by Gasteiger charge is -2.23. The molecule has 3 rings (SSSR count). The Morgan fingerprint density at radius 2 is 1.58 bits per heavy atom. The Balaban J connectivity index is 1.03. The van der Waals surface area contributed by atoms with Crippen LogP contribution in [0.3, 0.4) is 0 Å². The summed E-state index contributed by atoms with van der Waals surface area (Å²) in [5.74, 6) is 1.04. The van der Waals surface area contributed by atoms with E-state index in [1.165, 1.54) is 0 Å². The van der Waals surface area contributed by atoms with E-state index in [9.17, 15) is 23.2 Å². The number of hydrogen-bond acceptors (Lipinski definition) is 7. The molecule has 2 heterocycles. The van der Waals surface area contributed by atoms with Crippen molar-refractivity contribution >= 4 is 29.6 Å². The van der Waals surface area contributed by atoms with E-state index in [1.807, 2.05) is 17.7 Å². The molecule has 0 aromatic rings. The summed E-state index contributed by atoms with van der Waals surface area (Å²) in [5, 5.41) is 12.0. The van der Waals surface area contributed by atoms with E-state index in [-0.39, 0.29) is 36.3 Å². The fourth-order valence-corrected chi connectivity index (χ4v) is 6.85. The first-order valence-electron chi connectivity index (χ1n) is 15.7. The molecule has 2 aliphatic heterocycles. The minimum atomic E-state index is -3.11. The number of amides is 4. The molecule has 4 amide bonds. The van der Waals surface area contributed by atoms with Gasteiger partial charge in [0.05, 0.1) is 38.5 Å². The van der Waals surface area contributed by atoms with Gasteiger partial charge in [-0.2, -0.15) is 20.5 Å². The molecule has 2 fully saturated rings. The molecule has 244 valence electrons. The Kier molecular flexibility index (Phi) is 16.4. The van der Waals surface area contributed by atoms with Crippen molar-refractivity contribution in [1.82, 2.24) is 21.3 Å². The van der Waals surface area contributed by atoms with Gasteiger partial charge in [0, 0.05) is 62.5 Å². The molecule has 43 heavy (non-hydrogen) atoms. The number of hydrogen-bond donors (Lipinski definition) is 4.